The fraction of sp³-hybridized carbons (Fsp3) is 0.456. The molecule has 0 radical (unpaired) electrons. The summed E-state index contributed by atoms with van der Waals surface area (Å²) in [6.07, 6.45) is 8.28. The maximum Gasteiger partial charge on any atom is 0.337 e. The molecule has 6 aliphatic rings. The van der Waals surface area contributed by atoms with Crippen LogP contribution in [-0.2, 0) is 16.6 Å². The van der Waals surface area contributed by atoms with Crippen molar-refractivity contribution >= 4 is 34.9 Å². The average Bonchev–Trinajstić information content (AvgIpc) is 4.09. The lowest BCUT2D eigenvalue weighted by molar-refractivity contribution is -0.188. The molecule has 70 heavy (non-hydrogen) atoms. The minimum atomic E-state index is -0.942. The van der Waals surface area contributed by atoms with Crippen molar-refractivity contribution in [2.45, 2.75) is 111 Å². The Morgan fingerprint density at radius 2 is 1.61 bits per heavy atom. The summed E-state index contributed by atoms with van der Waals surface area (Å²) in [5.41, 5.74) is 4.57. The van der Waals surface area contributed by atoms with E-state index in [1.807, 2.05) is 30.0 Å². The van der Waals surface area contributed by atoms with E-state index in [0.717, 1.165) is 62.5 Å². The molecular formula is C57H71N5O7S. The molecule has 3 fully saturated rings. The zero-order valence-electron chi connectivity index (χ0n) is 41.8. The molecule has 5 aromatic rings. The number of pyridine rings is 1. The van der Waals surface area contributed by atoms with Crippen molar-refractivity contribution in [1.29, 1.82) is 0 Å². The van der Waals surface area contributed by atoms with Crippen molar-refractivity contribution in [2.24, 2.45) is 11.8 Å². The fourth-order valence-electron chi connectivity index (χ4n) is 11.6. The minimum absolute atomic E-state index is 0.0454. The summed E-state index contributed by atoms with van der Waals surface area (Å²) in [7, 11) is 8.49. The van der Waals surface area contributed by atoms with Gasteiger partial charge in [-0.2, -0.15) is 0 Å². The van der Waals surface area contributed by atoms with E-state index in [9.17, 15) is 24.9 Å². The molecule has 0 amide bonds. The van der Waals surface area contributed by atoms with Gasteiger partial charge in [0.25, 0.3) is 0 Å². The predicted molar refractivity (Wildman–Crippen MR) is 277 cm³/mol. The van der Waals surface area contributed by atoms with E-state index in [1.54, 1.807) is 18.2 Å². The van der Waals surface area contributed by atoms with Crippen molar-refractivity contribution < 1.29 is 34.8 Å². The number of carbonyl (C=O) groups is 2. The van der Waals surface area contributed by atoms with E-state index in [2.05, 4.69) is 128 Å². The summed E-state index contributed by atoms with van der Waals surface area (Å²) in [5, 5.41) is 40.2. The van der Waals surface area contributed by atoms with Gasteiger partial charge in [-0.05, 0) is 164 Å². The molecule has 4 aromatic carbocycles. The van der Waals surface area contributed by atoms with Crippen LogP contribution in [0.3, 0.4) is 0 Å². The Morgan fingerprint density at radius 1 is 0.914 bits per heavy atom. The first-order valence-corrected chi connectivity index (χ1v) is 25.8. The molecule has 2 saturated carbocycles. The number of aliphatic hydroxyl groups is 1. The van der Waals surface area contributed by atoms with Crippen LogP contribution in [0.5, 0.6) is 17.2 Å². The molecule has 3 aliphatic carbocycles. The number of aromatic carboxylic acids is 1. The Kier molecular flexibility index (Phi) is 15.6. The molecule has 1 saturated heterocycles. The smallest absolute Gasteiger partial charge is 0.337 e. The number of hydrogen-bond acceptors (Lipinski definition) is 12. The number of anilines is 2. The molecule has 7 atom stereocenters. The number of nitrogens with zero attached hydrogens (tertiary/aromatic N) is 5. The third-order valence-electron chi connectivity index (χ3n) is 15.4. The highest BCUT2D eigenvalue weighted by atomic mass is 32.2. The van der Waals surface area contributed by atoms with Crippen LogP contribution < -0.4 is 9.64 Å². The maximum absolute atomic E-state index is 12.7. The van der Waals surface area contributed by atoms with Gasteiger partial charge in [0, 0.05) is 65.9 Å². The normalized spacial score (nSPS) is 23.6. The SMILES string of the molecule is CC(CN1c2ccccc2Sc2ccccc21)N(C)C.CC[C@@H](c1cccc(O)c1)[C@@H](C)CN(C)C.O=C(O)c1cccnc1.O=C1CC[C@@]2(O)[C@H]3Cc4ccc(O)c5c4[C@@]2(CCN3CC2CC2)[C@H]1O5. The second-order valence-corrected chi connectivity index (χ2v) is 21.7. The highest BCUT2D eigenvalue weighted by Crippen LogP contribution is 2.65. The number of phenolic OH excluding ortho intramolecular Hbond substituents is 2. The first-order valence-electron chi connectivity index (χ1n) is 24.9. The van der Waals surface area contributed by atoms with Gasteiger partial charge in [-0.25, -0.2) is 4.79 Å². The molecule has 4 heterocycles. The predicted octanol–water partition coefficient (Wildman–Crippen LogP) is 9.63. The van der Waals surface area contributed by atoms with E-state index in [4.69, 9.17) is 9.84 Å². The Balaban J connectivity index is 0.000000133. The lowest BCUT2D eigenvalue weighted by Gasteiger charge is -2.62. The standard InChI is InChI=1S/C20H23NO4.C17H20N2S.C14H23NO.C6H5NO2/c22-13-4-3-12-9-15-20(24)6-5-14(23)18-19(20,16(12)17(13)25-18)7-8-21(15)10-11-1-2-11;1-13(18(2)3)12-19-14-8-4-6-10-16(14)20-17-11-7-5-9-15(17)19;1-5-14(11(2)10-15(3)4)12-7-6-8-13(16)9-12;8-6(9)5-2-1-3-7-4-5/h3-4,11,15,18,22,24H,1-2,5-10H2;4-11,13H,12H2,1-3H3;6-9,11,14,16H,5,10H2,1-4H3;1-4H,(H,8,9)/t15-,18+,19+,20-;;11-,14+;/m1.0./s1. The summed E-state index contributed by atoms with van der Waals surface area (Å²) in [6, 6.07) is 32.3. The van der Waals surface area contributed by atoms with Crippen LogP contribution in [0.4, 0.5) is 11.4 Å². The number of rotatable bonds is 11. The third-order valence-corrected chi connectivity index (χ3v) is 16.5. The molecule has 3 aliphatic heterocycles. The summed E-state index contributed by atoms with van der Waals surface area (Å²) in [6.45, 7) is 10.8. The number of hydrogen-bond donors (Lipinski definition) is 4. The van der Waals surface area contributed by atoms with Crippen LogP contribution in [0.25, 0.3) is 0 Å². The monoisotopic (exact) mass is 970 g/mol. The summed E-state index contributed by atoms with van der Waals surface area (Å²) in [5.74, 6) is 1.94. The zero-order valence-corrected chi connectivity index (χ0v) is 42.6. The fourth-order valence-corrected chi connectivity index (χ4v) is 12.7. The third kappa shape index (κ3) is 10.3. The number of para-hydroxylation sites is 2. The second-order valence-electron chi connectivity index (χ2n) is 20.6. The molecule has 2 bridgehead atoms. The molecule has 12 nitrogen and oxygen atoms in total. The van der Waals surface area contributed by atoms with Gasteiger partial charge in [-0.1, -0.05) is 68.1 Å². The second kappa shape index (κ2) is 21.5. The quantitative estimate of drug-likeness (QED) is 0.0996. The van der Waals surface area contributed by atoms with E-state index in [-0.39, 0.29) is 23.1 Å². The molecule has 11 rings (SSSR count). The number of likely N-dealkylation sites (N-methyl/N-ethyl adjacent to an activating group) is 1. The number of likely N-dealkylation sites (tertiary alicyclic amines) is 1. The van der Waals surface area contributed by atoms with Crippen LogP contribution in [-0.4, -0.2) is 130 Å². The maximum atomic E-state index is 12.7. The number of fused-ring (bicyclic) bond motifs is 2. The Bertz CT molecular complexity index is 2580. The van der Waals surface area contributed by atoms with Gasteiger partial charge >= 0.3 is 5.97 Å². The number of aromatic hydroxyl groups is 2. The summed E-state index contributed by atoms with van der Waals surface area (Å²) < 4.78 is 6.04. The van der Waals surface area contributed by atoms with E-state index < -0.39 is 23.1 Å². The molecule has 372 valence electrons. The number of carboxylic acids is 1. The molecular weight excluding hydrogens is 899 g/mol. The van der Waals surface area contributed by atoms with Gasteiger partial charge < -0.3 is 39.9 Å². The van der Waals surface area contributed by atoms with Gasteiger partial charge in [-0.3, -0.25) is 14.7 Å². The summed E-state index contributed by atoms with van der Waals surface area (Å²) >= 11 is 1.87. The van der Waals surface area contributed by atoms with Gasteiger partial charge in [0.05, 0.1) is 28.0 Å². The molecule has 13 heteroatoms. The number of benzene rings is 4. The number of piperidine rings is 1. The number of aromatic nitrogens is 1. The van der Waals surface area contributed by atoms with Gasteiger partial charge in [-0.15, -0.1) is 0 Å². The van der Waals surface area contributed by atoms with E-state index in [1.165, 1.54) is 58.0 Å². The lowest BCUT2D eigenvalue weighted by atomic mass is 9.49. The number of carboxylic acid groups (broad SMARTS) is 1. The topological polar surface area (TPSA) is 150 Å². The van der Waals surface area contributed by atoms with Crippen molar-refractivity contribution in [3.8, 4) is 17.2 Å². The Labute approximate surface area is 418 Å². The summed E-state index contributed by atoms with van der Waals surface area (Å²) in [4.78, 5) is 38.6. The van der Waals surface area contributed by atoms with Crippen molar-refractivity contribution in [2.75, 3.05) is 59.3 Å². The van der Waals surface area contributed by atoms with Crippen molar-refractivity contribution in [3.05, 3.63) is 132 Å². The number of ether oxygens (including phenoxy) is 1. The van der Waals surface area contributed by atoms with E-state index in [0.29, 0.717) is 42.2 Å². The molecule has 1 unspecified atom stereocenters. The average molecular weight is 970 g/mol. The minimum Gasteiger partial charge on any atom is -0.508 e. The number of ketones is 1. The molecule has 1 spiro atoms. The molecule has 1 aromatic heterocycles. The van der Waals surface area contributed by atoms with E-state index >= 15 is 0 Å². The first kappa shape index (κ1) is 50.9. The van der Waals surface area contributed by atoms with Crippen LogP contribution in [0, 0.1) is 11.8 Å². The van der Waals surface area contributed by atoms with Gasteiger partial charge in [0.1, 0.15) is 5.75 Å². The van der Waals surface area contributed by atoms with Crippen LogP contribution >= 0.6 is 11.8 Å². The highest BCUT2D eigenvalue weighted by Gasteiger charge is 2.73. The number of phenols is 2. The van der Waals surface area contributed by atoms with Gasteiger partial charge in [0.2, 0.25) is 0 Å². The largest absolute Gasteiger partial charge is 0.508 e. The zero-order chi connectivity index (χ0) is 49.9. The number of carbonyl (C=O) groups excluding carboxylic acids is 1. The van der Waals surface area contributed by atoms with Crippen LogP contribution in [0.1, 0.15) is 92.3 Å². The molecule has 4 N–H and O–H groups in total. The van der Waals surface area contributed by atoms with Crippen LogP contribution in [0.2, 0.25) is 0 Å². The lowest BCUT2D eigenvalue weighted by Crippen LogP contribution is -2.76. The highest BCUT2D eigenvalue weighted by molar-refractivity contribution is 7.99. The first-order chi connectivity index (χ1) is 33.6. The van der Waals surface area contributed by atoms with Gasteiger partial charge in [0.15, 0.2) is 23.4 Å². The Morgan fingerprint density at radius 3 is 2.20 bits per heavy atom. The van der Waals surface area contributed by atoms with Crippen molar-refractivity contribution in [1.82, 2.24) is 19.7 Å². The van der Waals surface area contributed by atoms with Crippen molar-refractivity contribution in [3.63, 3.8) is 0 Å². The Hall–Kier alpha value is -5.44. The van der Waals surface area contributed by atoms with Crippen LogP contribution in [0.15, 0.2) is 119 Å². The number of Topliss-reactive ketones (excluding diaryl/α,β-unsaturated/α-hetero) is 1.